The quantitative estimate of drug-likeness (QED) is 0.158. The number of hydrogen-bond donors (Lipinski definition) is 5. The Morgan fingerprint density at radius 1 is 0.900 bits per heavy atom. The minimum atomic E-state index is -0.516. The summed E-state index contributed by atoms with van der Waals surface area (Å²) in [5.41, 5.74) is 12.0. The number of carbonyl (C=O) groups excluding carboxylic acids is 2. The molecule has 11 heteroatoms. The van der Waals surface area contributed by atoms with E-state index in [0.717, 1.165) is 25.0 Å². The third-order valence-electron chi connectivity index (χ3n) is 4.59. The number of carbonyl (C=O) groups is 2. The standard InChI is InChI=1S/C19H38N4O6S/c20-15-14-30-16(19(15)21)3-1-2-4-17(25)22-5-7-27-9-11-29-12-10-28-8-6-23-18(26)13-24/h15-16,19,24H,1-14,20-21H2,(H,22,25)(H,23,26). The van der Waals surface area contributed by atoms with Crippen LogP contribution in [-0.4, -0.2) is 99.3 Å². The Kier molecular flexibility index (Phi) is 16.0. The van der Waals surface area contributed by atoms with E-state index in [9.17, 15) is 9.59 Å². The van der Waals surface area contributed by atoms with E-state index in [1.165, 1.54) is 0 Å². The van der Waals surface area contributed by atoms with Crippen LogP contribution in [0, 0.1) is 0 Å². The highest BCUT2D eigenvalue weighted by Crippen LogP contribution is 2.28. The van der Waals surface area contributed by atoms with Crippen molar-refractivity contribution in [1.82, 2.24) is 10.6 Å². The molecule has 0 bridgehead atoms. The molecule has 7 N–H and O–H groups in total. The van der Waals surface area contributed by atoms with Gasteiger partial charge in [-0.1, -0.05) is 6.42 Å². The van der Waals surface area contributed by atoms with Crippen LogP contribution in [0.15, 0.2) is 0 Å². The van der Waals surface area contributed by atoms with Crippen LogP contribution in [0.1, 0.15) is 25.7 Å². The number of rotatable bonds is 18. The normalized spacial score (nSPS) is 21.0. The first-order chi connectivity index (χ1) is 14.5. The smallest absolute Gasteiger partial charge is 0.245 e. The number of ether oxygens (including phenoxy) is 3. The summed E-state index contributed by atoms with van der Waals surface area (Å²) in [6.45, 7) is 2.89. The van der Waals surface area contributed by atoms with Crippen molar-refractivity contribution in [1.29, 1.82) is 0 Å². The molecular weight excluding hydrogens is 412 g/mol. The van der Waals surface area contributed by atoms with E-state index in [2.05, 4.69) is 10.6 Å². The van der Waals surface area contributed by atoms with Gasteiger partial charge in [0.2, 0.25) is 11.8 Å². The summed E-state index contributed by atoms with van der Waals surface area (Å²) in [6, 6.07) is 0.171. The van der Waals surface area contributed by atoms with E-state index in [1.807, 2.05) is 11.8 Å². The fourth-order valence-corrected chi connectivity index (χ4v) is 4.30. The summed E-state index contributed by atoms with van der Waals surface area (Å²) in [4.78, 5) is 22.6. The number of nitrogens with two attached hydrogens (primary N) is 2. The largest absolute Gasteiger partial charge is 0.387 e. The van der Waals surface area contributed by atoms with Crippen molar-refractivity contribution in [3.05, 3.63) is 0 Å². The van der Waals surface area contributed by atoms with E-state index in [-0.39, 0.29) is 18.0 Å². The lowest BCUT2D eigenvalue weighted by molar-refractivity contribution is -0.124. The highest BCUT2D eigenvalue weighted by Gasteiger charge is 2.30. The molecule has 1 saturated heterocycles. The molecule has 0 aromatic heterocycles. The molecule has 0 radical (unpaired) electrons. The first-order valence-corrected chi connectivity index (χ1v) is 11.6. The second kappa shape index (κ2) is 17.7. The first-order valence-electron chi connectivity index (χ1n) is 10.5. The first kappa shape index (κ1) is 27.1. The Labute approximate surface area is 183 Å². The number of hydrogen-bond acceptors (Lipinski definition) is 9. The molecule has 0 aliphatic carbocycles. The number of unbranched alkanes of at least 4 members (excludes halogenated alkanes) is 1. The van der Waals surface area contributed by atoms with E-state index in [4.69, 9.17) is 30.8 Å². The molecular formula is C19H38N4O6S. The van der Waals surface area contributed by atoms with Crippen LogP contribution in [0.25, 0.3) is 0 Å². The van der Waals surface area contributed by atoms with Crippen molar-refractivity contribution < 1.29 is 28.9 Å². The van der Waals surface area contributed by atoms with Gasteiger partial charge in [-0.2, -0.15) is 11.8 Å². The van der Waals surface area contributed by atoms with Gasteiger partial charge in [0.05, 0.1) is 39.6 Å². The predicted octanol–water partition coefficient (Wildman–Crippen LogP) is -1.41. The van der Waals surface area contributed by atoms with Gasteiger partial charge in [-0.15, -0.1) is 0 Å². The summed E-state index contributed by atoms with van der Waals surface area (Å²) in [7, 11) is 0. The van der Waals surface area contributed by atoms with Gasteiger partial charge >= 0.3 is 0 Å². The molecule has 3 unspecified atom stereocenters. The Bertz CT molecular complexity index is 474. The van der Waals surface area contributed by atoms with Crippen molar-refractivity contribution in [2.75, 3.05) is 65.1 Å². The van der Waals surface area contributed by atoms with Gasteiger partial charge in [-0.3, -0.25) is 9.59 Å². The highest BCUT2D eigenvalue weighted by molar-refractivity contribution is 8.00. The van der Waals surface area contributed by atoms with Crippen molar-refractivity contribution in [3.63, 3.8) is 0 Å². The van der Waals surface area contributed by atoms with Crippen molar-refractivity contribution in [2.45, 2.75) is 43.0 Å². The van der Waals surface area contributed by atoms with Gasteiger partial charge in [-0.05, 0) is 12.8 Å². The molecule has 1 rings (SSSR count). The Morgan fingerprint density at radius 2 is 1.47 bits per heavy atom. The maximum atomic E-state index is 11.8. The van der Waals surface area contributed by atoms with Gasteiger partial charge in [0, 0.05) is 42.6 Å². The molecule has 3 atom stereocenters. The Morgan fingerprint density at radius 3 is 2.00 bits per heavy atom. The molecule has 176 valence electrons. The lowest BCUT2D eigenvalue weighted by atomic mass is 10.0. The number of amides is 2. The molecule has 0 aromatic carbocycles. The minimum Gasteiger partial charge on any atom is -0.387 e. The van der Waals surface area contributed by atoms with E-state index in [0.29, 0.717) is 64.4 Å². The fraction of sp³-hybridized carbons (Fsp3) is 0.895. The third-order valence-corrected chi connectivity index (χ3v) is 6.15. The van der Waals surface area contributed by atoms with Crippen LogP contribution in [0.2, 0.25) is 0 Å². The van der Waals surface area contributed by atoms with Crippen LogP contribution in [-0.2, 0) is 23.8 Å². The molecule has 1 aliphatic heterocycles. The predicted molar refractivity (Wildman–Crippen MR) is 116 cm³/mol. The van der Waals surface area contributed by atoms with Crippen LogP contribution < -0.4 is 22.1 Å². The number of aliphatic hydroxyl groups excluding tert-OH is 1. The van der Waals surface area contributed by atoms with Gasteiger partial charge in [-0.25, -0.2) is 0 Å². The summed E-state index contributed by atoms with van der Waals surface area (Å²) in [5.74, 6) is 0.553. The zero-order valence-electron chi connectivity index (χ0n) is 17.7. The molecule has 0 saturated carbocycles. The van der Waals surface area contributed by atoms with Crippen LogP contribution in [0.3, 0.4) is 0 Å². The van der Waals surface area contributed by atoms with Crippen LogP contribution in [0.4, 0.5) is 0 Å². The second-order valence-corrected chi connectivity index (χ2v) is 8.33. The van der Waals surface area contributed by atoms with Gasteiger partial charge in [0.15, 0.2) is 0 Å². The van der Waals surface area contributed by atoms with E-state index < -0.39 is 12.5 Å². The minimum absolute atomic E-state index is 0.0438. The van der Waals surface area contributed by atoms with E-state index in [1.54, 1.807) is 0 Å². The zero-order chi connectivity index (χ0) is 22.0. The fourth-order valence-electron chi connectivity index (χ4n) is 2.85. The number of thioether (sulfide) groups is 1. The molecule has 10 nitrogen and oxygen atoms in total. The third kappa shape index (κ3) is 13.4. The molecule has 2 amide bonds. The average Bonchev–Trinajstić information content (AvgIpc) is 3.06. The molecule has 1 aliphatic rings. The monoisotopic (exact) mass is 450 g/mol. The molecule has 1 heterocycles. The van der Waals surface area contributed by atoms with Gasteiger partial charge in [0.1, 0.15) is 6.61 Å². The van der Waals surface area contributed by atoms with Gasteiger partial charge in [0.25, 0.3) is 0 Å². The summed E-state index contributed by atoms with van der Waals surface area (Å²) < 4.78 is 16.0. The van der Waals surface area contributed by atoms with E-state index >= 15 is 0 Å². The number of nitrogens with one attached hydrogen (secondary N) is 2. The van der Waals surface area contributed by atoms with Crippen molar-refractivity contribution in [2.24, 2.45) is 11.5 Å². The lowest BCUT2D eigenvalue weighted by Crippen LogP contribution is -2.43. The lowest BCUT2D eigenvalue weighted by Gasteiger charge is -2.16. The average molecular weight is 451 g/mol. The second-order valence-electron chi connectivity index (χ2n) is 7.05. The van der Waals surface area contributed by atoms with Crippen LogP contribution in [0.5, 0.6) is 0 Å². The van der Waals surface area contributed by atoms with Crippen molar-refractivity contribution >= 4 is 23.6 Å². The maximum Gasteiger partial charge on any atom is 0.245 e. The molecule has 0 spiro atoms. The number of aliphatic hydroxyl groups is 1. The zero-order valence-corrected chi connectivity index (χ0v) is 18.5. The van der Waals surface area contributed by atoms with Crippen LogP contribution >= 0.6 is 11.8 Å². The summed E-state index contributed by atoms with van der Waals surface area (Å²) in [5, 5.41) is 14.3. The Balaban J connectivity index is 1.78. The molecule has 30 heavy (non-hydrogen) atoms. The Hall–Kier alpha value is -0.950. The topological polar surface area (TPSA) is 158 Å². The SMILES string of the molecule is NC1CSC(CCCCC(=O)NCCOCCOCCOCCNC(=O)CO)C1N. The molecule has 0 aromatic rings. The molecule has 1 fully saturated rings. The van der Waals surface area contributed by atoms with Gasteiger partial charge < -0.3 is 41.4 Å². The van der Waals surface area contributed by atoms with Crippen molar-refractivity contribution in [3.8, 4) is 0 Å². The maximum absolute atomic E-state index is 11.8. The summed E-state index contributed by atoms with van der Waals surface area (Å²) in [6.07, 6.45) is 3.38. The highest BCUT2D eigenvalue weighted by atomic mass is 32.2. The summed E-state index contributed by atoms with van der Waals surface area (Å²) >= 11 is 1.84.